The normalized spacial score (nSPS) is 16.6. The number of amides is 1. The van der Waals surface area contributed by atoms with Crippen LogP contribution in [0.25, 0.3) is 0 Å². The zero-order valence-corrected chi connectivity index (χ0v) is 17.1. The number of nitrogens with zero attached hydrogens (tertiary/aromatic N) is 5. The number of rotatable bonds is 5. The summed E-state index contributed by atoms with van der Waals surface area (Å²) in [5.41, 5.74) is 2.96. The molecule has 4 heterocycles. The van der Waals surface area contributed by atoms with Crippen LogP contribution in [-0.2, 0) is 11.2 Å². The quantitative estimate of drug-likeness (QED) is 0.690. The van der Waals surface area contributed by atoms with Crippen LogP contribution in [0.5, 0.6) is 0 Å². The van der Waals surface area contributed by atoms with Gasteiger partial charge in [0, 0.05) is 24.1 Å². The summed E-state index contributed by atoms with van der Waals surface area (Å²) in [6.07, 6.45) is 2.19. The van der Waals surface area contributed by atoms with Gasteiger partial charge in [-0.05, 0) is 37.6 Å². The van der Waals surface area contributed by atoms with E-state index in [4.69, 9.17) is 4.74 Å². The van der Waals surface area contributed by atoms with E-state index in [2.05, 4.69) is 32.4 Å². The molecule has 1 N–H and O–H groups in total. The Labute approximate surface area is 173 Å². The fourth-order valence-electron chi connectivity index (χ4n) is 3.17. The molecule has 29 heavy (non-hydrogen) atoms. The first-order valence-electron chi connectivity index (χ1n) is 9.52. The molecule has 3 aromatic rings. The molecule has 8 nitrogen and oxygen atoms in total. The second kappa shape index (κ2) is 8.62. The van der Waals surface area contributed by atoms with Crippen molar-refractivity contribution in [2.45, 2.75) is 26.4 Å². The zero-order valence-electron chi connectivity index (χ0n) is 16.3. The number of anilines is 2. The van der Waals surface area contributed by atoms with Crippen molar-refractivity contribution >= 4 is 28.1 Å². The minimum atomic E-state index is -0.294. The highest BCUT2D eigenvalue weighted by Gasteiger charge is 2.28. The molecule has 1 saturated heterocycles. The van der Waals surface area contributed by atoms with E-state index in [1.165, 1.54) is 11.3 Å². The smallest absolute Gasteiger partial charge is 0.272 e. The highest BCUT2D eigenvalue weighted by Crippen LogP contribution is 2.27. The third-order valence-corrected chi connectivity index (χ3v) is 5.54. The molecule has 150 valence electrons. The minimum absolute atomic E-state index is 0.0918. The Morgan fingerprint density at radius 2 is 2.24 bits per heavy atom. The van der Waals surface area contributed by atoms with Gasteiger partial charge in [-0.1, -0.05) is 24.3 Å². The average molecular weight is 411 g/mol. The van der Waals surface area contributed by atoms with Crippen molar-refractivity contribution in [3.8, 4) is 0 Å². The molecule has 0 saturated carbocycles. The van der Waals surface area contributed by atoms with E-state index in [-0.39, 0.29) is 12.0 Å². The topological polar surface area (TPSA) is 93.1 Å². The van der Waals surface area contributed by atoms with Crippen molar-refractivity contribution in [3.05, 3.63) is 58.6 Å². The van der Waals surface area contributed by atoms with Crippen LogP contribution in [0.4, 0.5) is 10.8 Å². The number of hydrogen-bond donors (Lipinski definition) is 1. The van der Waals surface area contributed by atoms with Crippen molar-refractivity contribution in [1.82, 2.24) is 25.1 Å². The molecule has 1 fully saturated rings. The Morgan fingerprint density at radius 3 is 3.00 bits per heavy atom. The largest absolute Gasteiger partial charge is 0.368 e. The number of ether oxygens (including phenoxy) is 1. The first-order chi connectivity index (χ1) is 14.1. The van der Waals surface area contributed by atoms with Crippen molar-refractivity contribution in [2.24, 2.45) is 0 Å². The summed E-state index contributed by atoms with van der Waals surface area (Å²) >= 11 is 1.53. The summed E-state index contributed by atoms with van der Waals surface area (Å²) in [6.45, 7) is 5.42. The Morgan fingerprint density at radius 1 is 1.34 bits per heavy atom. The van der Waals surface area contributed by atoms with Gasteiger partial charge in [0.15, 0.2) is 0 Å². The lowest BCUT2D eigenvalue weighted by Gasteiger charge is -2.32. The van der Waals surface area contributed by atoms with Crippen LogP contribution < -0.4 is 5.32 Å². The fraction of sp³-hybridized carbons (Fsp3) is 0.350. The van der Waals surface area contributed by atoms with Gasteiger partial charge in [-0.2, -0.15) is 0 Å². The molecule has 0 aromatic carbocycles. The van der Waals surface area contributed by atoms with Gasteiger partial charge in [0.25, 0.3) is 5.91 Å². The van der Waals surface area contributed by atoms with Gasteiger partial charge in [-0.3, -0.25) is 14.8 Å². The molecule has 1 aliphatic rings. The molecule has 0 aliphatic carbocycles. The van der Waals surface area contributed by atoms with Crippen molar-refractivity contribution in [1.29, 1.82) is 0 Å². The van der Waals surface area contributed by atoms with Gasteiger partial charge in [0.05, 0.1) is 18.8 Å². The summed E-state index contributed by atoms with van der Waals surface area (Å²) in [7, 11) is 0. The lowest BCUT2D eigenvalue weighted by Crippen LogP contribution is -2.42. The third kappa shape index (κ3) is 4.57. The molecular formula is C20H22N6O2S. The number of aromatic nitrogens is 4. The maximum Gasteiger partial charge on any atom is 0.272 e. The number of aryl methyl sites for hydroxylation is 2. The maximum absolute atomic E-state index is 12.7. The van der Waals surface area contributed by atoms with E-state index >= 15 is 0 Å². The lowest BCUT2D eigenvalue weighted by atomic mass is 10.1. The molecular weight excluding hydrogens is 388 g/mol. The number of carbonyl (C=O) groups is 1. The van der Waals surface area contributed by atoms with E-state index in [0.29, 0.717) is 25.4 Å². The first kappa shape index (κ1) is 19.4. The van der Waals surface area contributed by atoms with Crippen molar-refractivity contribution < 1.29 is 9.53 Å². The average Bonchev–Trinajstić information content (AvgIpc) is 3.21. The second-order valence-corrected chi connectivity index (χ2v) is 7.79. The Bertz CT molecular complexity index is 994. The van der Waals surface area contributed by atoms with Gasteiger partial charge in [-0.25, -0.2) is 0 Å². The number of carbonyl (C=O) groups excluding carboxylic acids is 1. The van der Waals surface area contributed by atoms with Crippen molar-refractivity contribution in [2.75, 3.05) is 25.0 Å². The summed E-state index contributed by atoms with van der Waals surface area (Å²) in [5.74, 6) is -0.0918. The second-order valence-electron chi connectivity index (χ2n) is 6.73. The fourth-order valence-corrected chi connectivity index (χ4v) is 3.87. The van der Waals surface area contributed by atoms with Gasteiger partial charge in [-0.15, -0.1) is 10.2 Å². The lowest BCUT2D eigenvalue weighted by molar-refractivity contribution is -0.0249. The predicted octanol–water partition coefficient (Wildman–Crippen LogP) is 3.16. The van der Waals surface area contributed by atoms with Crippen LogP contribution >= 0.6 is 11.3 Å². The monoisotopic (exact) mass is 410 g/mol. The molecule has 1 aliphatic heterocycles. The highest BCUT2D eigenvalue weighted by molar-refractivity contribution is 7.15. The first-order valence-corrected chi connectivity index (χ1v) is 10.3. The molecule has 1 amide bonds. The molecule has 0 unspecified atom stereocenters. The Balaban J connectivity index is 1.51. The predicted molar refractivity (Wildman–Crippen MR) is 110 cm³/mol. The van der Waals surface area contributed by atoms with Gasteiger partial charge >= 0.3 is 0 Å². The highest BCUT2D eigenvalue weighted by atomic mass is 32.1. The Kier molecular flexibility index (Phi) is 5.77. The molecule has 0 radical (unpaired) electrons. The molecule has 1 atom stereocenters. The van der Waals surface area contributed by atoms with E-state index in [1.54, 1.807) is 23.2 Å². The van der Waals surface area contributed by atoms with E-state index in [1.807, 2.05) is 25.1 Å². The number of nitrogens with one attached hydrogen (secondary N) is 1. The third-order valence-electron chi connectivity index (χ3n) is 4.56. The van der Waals surface area contributed by atoms with E-state index in [0.717, 1.165) is 33.6 Å². The summed E-state index contributed by atoms with van der Waals surface area (Å²) < 4.78 is 5.93. The SMILES string of the molecule is CCc1nnc(Nc2cc(C)nc([C@@H]3CN(C(=O)c4ccccn4)CCO3)c2)s1. The standard InChI is InChI=1S/C20H22N6O2S/c1-3-18-24-25-20(29-18)23-14-10-13(2)22-16(11-14)17-12-26(8-9-28-17)19(27)15-6-4-5-7-21-15/h4-7,10-11,17H,3,8-9,12H2,1-2H3,(H,22,23,25)/t17-/m0/s1. The van der Waals surface area contributed by atoms with Gasteiger partial charge in [0.1, 0.15) is 16.8 Å². The van der Waals surface area contributed by atoms with Crippen LogP contribution in [0.2, 0.25) is 0 Å². The van der Waals surface area contributed by atoms with Crippen LogP contribution in [0.1, 0.15) is 39.9 Å². The molecule has 0 bridgehead atoms. The van der Waals surface area contributed by atoms with Crippen LogP contribution in [0, 0.1) is 6.92 Å². The molecule has 3 aromatic heterocycles. The minimum Gasteiger partial charge on any atom is -0.368 e. The molecule has 4 rings (SSSR count). The summed E-state index contributed by atoms with van der Waals surface area (Å²) in [5, 5.41) is 13.3. The van der Waals surface area contributed by atoms with Gasteiger partial charge < -0.3 is 15.0 Å². The van der Waals surface area contributed by atoms with Gasteiger partial charge in [0.2, 0.25) is 5.13 Å². The van der Waals surface area contributed by atoms with E-state index < -0.39 is 0 Å². The molecule has 0 spiro atoms. The number of morpholine rings is 1. The number of pyridine rings is 2. The Hall–Kier alpha value is -2.91. The zero-order chi connectivity index (χ0) is 20.2. The van der Waals surface area contributed by atoms with Crippen LogP contribution in [-0.4, -0.2) is 50.7 Å². The van der Waals surface area contributed by atoms with Crippen molar-refractivity contribution in [3.63, 3.8) is 0 Å². The maximum atomic E-state index is 12.7. The number of hydrogen-bond acceptors (Lipinski definition) is 8. The summed E-state index contributed by atoms with van der Waals surface area (Å²) in [6, 6.07) is 9.24. The van der Waals surface area contributed by atoms with E-state index in [9.17, 15) is 4.79 Å². The molecule has 9 heteroatoms. The van der Waals surface area contributed by atoms with Crippen LogP contribution in [0.15, 0.2) is 36.5 Å². The van der Waals surface area contributed by atoms with Crippen LogP contribution in [0.3, 0.4) is 0 Å². The summed E-state index contributed by atoms with van der Waals surface area (Å²) in [4.78, 5) is 23.3.